The molecule has 0 nitrogen and oxygen atoms in total. The van der Waals surface area contributed by atoms with Crippen LogP contribution in [0.1, 0.15) is 57.8 Å². The molecule has 0 amide bonds. The Balaban J connectivity index is 1.69. The zero-order chi connectivity index (χ0) is 11.3. The van der Waals surface area contributed by atoms with Crippen molar-refractivity contribution < 1.29 is 0 Å². The van der Waals surface area contributed by atoms with Gasteiger partial charge >= 0.3 is 0 Å². The first kappa shape index (κ1) is 13.1. The van der Waals surface area contributed by atoms with Crippen molar-refractivity contribution in [2.75, 3.05) is 17.3 Å². The van der Waals surface area contributed by atoms with E-state index < -0.39 is 0 Å². The van der Waals surface area contributed by atoms with Gasteiger partial charge in [0.05, 0.1) is 0 Å². The quantitative estimate of drug-likeness (QED) is 0.692. The van der Waals surface area contributed by atoms with Crippen LogP contribution in [0.5, 0.6) is 0 Å². The molecule has 0 atom stereocenters. The van der Waals surface area contributed by atoms with Gasteiger partial charge in [-0.3, -0.25) is 0 Å². The van der Waals surface area contributed by atoms with Gasteiger partial charge in [0.2, 0.25) is 0 Å². The molecule has 2 saturated carbocycles. The summed E-state index contributed by atoms with van der Waals surface area (Å²) in [6, 6.07) is 0. The maximum absolute atomic E-state index is 4.62. The highest BCUT2D eigenvalue weighted by molar-refractivity contribution is 7.99. The van der Waals surface area contributed by atoms with Gasteiger partial charge in [-0.15, -0.1) is 0 Å². The van der Waals surface area contributed by atoms with Crippen LogP contribution >= 0.6 is 24.4 Å². The molecular weight excluding hydrogens is 232 g/mol. The summed E-state index contributed by atoms with van der Waals surface area (Å²) in [4.78, 5) is 0. The smallest absolute Gasteiger partial charge is 0.000289 e. The fourth-order valence-electron chi connectivity index (χ4n) is 3.27. The summed E-state index contributed by atoms with van der Waals surface area (Å²) in [5, 5.41) is 0. The van der Waals surface area contributed by atoms with Gasteiger partial charge in [0.1, 0.15) is 0 Å². The van der Waals surface area contributed by atoms with Gasteiger partial charge in [-0.05, 0) is 54.3 Å². The maximum Gasteiger partial charge on any atom is -0.000289 e. The van der Waals surface area contributed by atoms with E-state index in [0.717, 1.165) is 11.7 Å². The first-order valence-corrected chi connectivity index (χ1v) is 8.82. The maximum atomic E-state index is 4.62. The standard InChI is InChI=1S/C14H26S2/c15-11-14(8-4-1-5-9-14)12-16-10-13-6-2-3-7-13/h13,15H,1-12H2. The third kappa shape index (κ3) is 3.60. The molecule has 0 aromatic heterocycles. The predicted octanol–water partition coefficient (Wildman–Crippen LogP) is 4.79. The molecule has 0 radical (unpaired) electrons. The number of rotatable bonds is 5. The monoisotopic (exact) mass is 258 g/mol. The third-order valence-corrected chi connectivity index (χ3v) is 6.68. The zero-order valence-electron chi connectivity index (χ0n) is 10.4. The van der Waals surface area contributed by atoms with Crippen molar-refractivity contribution in [1.82, 2.24) is 0 Å². The van der Waals surface area contributed by atoms with E-state index in [1.165, 1.54) is 69.3 Å². The van der Waals surface area contributed by atoms with Crippen LogP contribution in [0.3, 0.4) is 0 Å². The summed E-state index contributed by atoms with van der Waals surface area (Å²) in [5.74, 6) is 4.97. The van der Waals surface area contributed by atoms with Crippen LogP contribution in [0, 0.1) is 11.3 Å². The largest absolute Gasteiger partial charge is 0.179 e. The molecule has 0 aromatic rings. The molecule has 2 heteroatoms. The summed E-state index contributed by atoms with van der Waals surface area (Å²) in [6.07, 6.45) is 13.2. The molecule has 0 unspecified atom stereocenters. The van der Waals surface area contributed by atoms with E-state index >= 15 is 0 Å². The normalized spacial score (nSPS) is 26.1. The van der Waals surface area contributed by atoms with Crippen LogP contribution in [0.2, 0.25) is 0 Å². The van der Waals surface area contributed by atoms with Crippen molar-refractivity contribution in [3.8, 4) is 0 Å². The minimum absolute atomic E-state index is 0.602. The molecule has 0 heterocycles. The van der Waals surface area contributed by atoms with Crippen LogP contribution in [-0.2, 0) is 0 Å². The average Bonchev–Trinajstić information content (AvgIpc) is 2.83. The van der Waals surface area contributed by atoms with Gasteiger partial charge in [0.25, 0.3) is 0 Å². The second-order valence-electron chi connectivity index (χ2n) is 5.88. The van der Waals surface area contributed by atoms with E-state index in [2.05, 4.69) is 24.4 Å². The molecular formula is C14H26S2. The Hall–Kier alpha value is 0.700. The molecule has 0 aliphatic heterocycles. The Morgan fingerprint density at radius 1 is 1.00 bits per heavy atom. The first-order valence-electron chi connectivity index (χ1n) is 7.03. The summed E-state index contributed by atoms with van der Waals surface area (Å²) in [7, 11) is 0. The van der Waals surface area contributed by atoms with Gasteiger partial charge < -0.3 is 0 Å². The number of hydrogen-bond donors (Lipinski definition) is 1. The fourth-order valence-corrected chi connectivity index (χ4v) is 5.46. The molecule has 0 N–H and O–H groups in total. The SMILES string of the molecule is SCC1(CSCC2CCCC2)CCCCC1. The molecule has 2 aliphatic carbocycles. The van der Waals surface area contributed by atoms with E-state index in [-0.39, 0.29) is 0 Å². The second-order valence-corrected chi connectivity index (χ2v) is 7.23. The van der Waals surface area contributed by atoms with Crippen LogP contribution in [0.4, 0.5) is 0 Å². The van der Waals surface area contributed by atoms with Crippen molar-refractivity contribution in [2.24, 2.45) is 11.3 Å². The van der Waals surface area contributed by atoms with Crippen LogP contribution in [-0.4, -0.2) is 17.3 Å². The van der Waals surface area contributed by atoms with E-state index in [1.54, 1.807) is 0 Å². The van der Waals surface area contributed by atoms with Gasteiger partial charge in [-0.25, -0.2) is 0 Å². The number of hydrogen-bond acceptors (Lipinski definition) is 2. The fraction of sp³-hybridized carbons (Fsp3) is 1.00. The lowest BCUT2D eigenvalue weighted by Crippen LogP contribution is -2.29. The molecule has 2 aliphatic rings. The summed E-state index contributed by atoms with van der Waals surface area (Å²) in [5.41, 5.74) is 0.602. The van der Waals surface area contributed by atoms with Crippen molar-refractivity contribution in [2.45, 2.75) is 57.8 Å². The molecule has 2 fully saturated rings. The highest BCUT2D eigenvalue weighted by Gasteiger charge is 2.30. The van der Waals surface area contributed by atoms with Gasteiger partial charge in [-0.2, -0.15) is 24.4 Å². The van der Waals surface area contributed by atoms with Crippen molar-refractivity contribution in [3.63, 3.8) is 0 Å². The van der Waals surface area contributed by atoms with E-state index in [9.17, 15) is 0 Å². The van der Waals surface area contributed by atoms with E-state index in [1.807, 2.05) is 0 Å². The topological polar surface area (TPSA) is 0 Å². The third-order valence-electron chi connectivity index (χ3n) is 4.49. The minimum atomic E-state index is 0.602. The Bertz CT molecular complexity index is 191. The van der Waals surface area contributed by atoms with Crippen LogP contribution in [0.15, 0.2) is 0 Å². The second kappa shape index (κ2) is 6.58. The Morgan fingerprint density at radius 2 is 1.69 bits per heavy atom. The summed E-state index contributed by atoms with van der Waals surface area (Å²) >= 11 is 6.85. The van der Waals surface area contributed by atoms with E-state index in [0.29, 0.717) is 5.41 Å². The van der Waals surface area contributed by atoms with Crippen LogP contribution in [0.25, 0.3) is 0 Å². The molecule has 16 heavy (non-hydrogen) atoms. The summed E-state index contributed by atoms with van der Waals surface area (Å²) in [6.45, 7) is 0. The van der Waals surface area contributed by atoms with Crippen molar-refractivity contribution >= 4 is 24.4 Å². The van der Waals surface area contributed by atoms with E-state index in [4.69, 9.17) is 0 Å². The zero-order valence-corrected chi connectivity index (χ0v) is 12.1. The highest BCUT2D eigenvalue weighted by atomic mass is 32.2. The minimum Gasteiger partial charge on any atom is -0.179 e. The molecule has 2 rings (SSSR count). The Morgan fingerprint density at radius 3 is 2.31 bits per heavy atom. The molecule has 0 saturated heterocycles. The van der Waals surface area contributed by atoms with Crippen molar-refractivity contribution in [3.05, 3.63) is 0 Å². The summed E-state index contributed by atoms with van der Waals surface area (Å²) < 4.78 is 0. The molecule has 94 valence electrons. The molecule has 0 spiro atoms. The van der Waals surface area contributed by atoms with Crippen molar-refractivity contribution in [1.29, 1.82) is 0 Å². The predicted molar refractivity (Wildman–Crippen MR) is 78.7 cm³/mol. The average molecular weight is 258 g/mol. The lowest BCUT2D eigenvalue weighted by molar-refractivity contribution is 0.258. The molecule has 0 bridgehead atoms. The van der Waals surface area contributed by atoms with Crippen LogP contribution < -0.4 is 0 Å². The Kier molecular flexibility index (Phi) is 5.41. The number of thioether (sulfide) groups is 1. The highest BCUT2D eigenvalue weighted by Crippen LogP contribution is 2.41. The number of thiol groups is 1. The Labute approximate surface area is 111 Å². The lowest BCUT2D eigenvalue weighted by atomic mass is 9.77. The van der Waals surface area contributed by atoms with Gasteiger partial charge in [0.15, 0.2) is 0 Å². The van der Waals surface area contributed by atoms with Gasteiger partial charge in [0, 0.05) is 0 Å². The lowest BCUT2D eigenvalue weighted by Gasteiger charge is -2.36. The van der Waals surface area contributed by atoms with Gasteiger partial charge in [-0.1, -0.05) is 32.1 Å². The molecule has 0 aromatic carbocycles. The first-order chi connectivity index (χ1) is 7.85.